The van der Waals surface area contributed by atoms with Crippen LogP contribution in [0.4, 0.5) is 0 Å². The molecule has 0 fully saturated rings. The largest absolute Gasteiger partial charge is 0.382 e. The summed E-state index contributed by atoms with van der Waals surface area (Å²) >= 11 is 0. The van der Waals surface area contributed by atoms with Gasteiger partial charge in [-0.1, -0.05) is 0 Å². The molecule has 1 unspecified atom stereocenters. The summed E-state index contributed by atoms with van der Waals surface area (Å²) in [5.41, 5.74) is 4.82. The molecule has 0 rings (SSSR count). The number of primary amides is 1. The van der Waals surface area contributed by atoms with Crippen molar-refractivity contribution in [1.82, 2.24) is 5.32 Å². The van der Waals surface area contributed by atoms with E-state index < -0.39 is 12.0 Å². The standard InChI is InChI=1S/C8H14N2O2/c1-2-3-4-5-10-6-7(11)8(9)12/h1,7,10-11H,3-6H2,(H2,9,12). The molecule has 0 saturated heterocycles. The van der Waals surface area contributed by atoms with E-state index in [1.54, 1.807) is 0 Å². The number of unbranched alkanes of at least 4 members (excludes halogenated alkanes) is 1. The Kier molecular flexibility index (Phi) is 6.07. The van der Waals surface area contributed by atoms with Gasteiger partial charge in [-0.25, -0.2) is 0 Å². The molecule has 0 aliphatic rings. The fourth-order valence-corrected chi connectivity index (χ4v) is 0.655. The Morgan fingerprint density at radius 1 is 1.75 bits per heavy atom. The number of hydrogen-bond acceptors (Lipinski definition) is 3. The summed E-state index contributed by atoms with van der Waals surface area (Å²) in [6, 6.07) is 0. The molecule has 1 atom stereocenters. The first-order valence-corrected chi connectivity index (χ1v) is 3.80. The number of terminal acetylenes is 1. The lowest BCUT2D eigenvalue weighted by Gasteiger charge is -2.06. The maximum Gasteiger partial charge on any atom is 0.247 e. The van der Waals surface area contributed by atoms with Gasteiger partial charge in [0.15, 0.2) is 0 Å². The molecule has 4 heteroatoms. The Balaban J connectivity index is 3.21. The Hall–Kier alpha value is -1.05. The van der Waals surface area contributed by atoms with Crippen molar-refractivity contribution >= 4 is 5.91 Å². The highest BCUT2D eigenvalue weighted by Crippen LogP contribution is 1.83. The van der Waals surface area contributed by atoms with Crippen LogP contribution in [0.15, 0.2) is 0 Å². The third-order valence-corrected chi connectivity index (χ3v) is 1.34. The van der Waals surface area contributed by atoms with Gasteiger partial charge >= 0.3 is 0 Å². The minimum Gasteiger partial charge on any atom is -0.382 e. The molecule has 0 aromatic carbocycles. The quantitative estimate of drug-likeness (QED) is 0.347. The van der Waals surface area contributed by atoms with Crippen LogP contribution in [-0.2, 0) is 4.79 Å². The number of amides is 1. The van der Waals surface area contributed by atoms with Crippen molar-refractivity contribution in [2.24, 2.45) is 5.73 Å². The molecule has 0 aromatic heterocycles. The second kappa shape index (κ2) is 6.65. The SMILES string of the molecule is C#CCCCNCC(O)C(N)=O. The molecule has 0 aliphatic carbocycles. The predicted molar refractivity (Wildman–Crippen MR) is 46.1 cm³/mol. The van der Waals surface area contributed by atoms with E-state index in [-0.39, 0.29) is 6.54 Å². The van der Waals surface area contributed by atoms with Gasteiger partial charge in [0, 0.05) is 13.0 Å². The van der Waals surface area contributed by atoms with E-state index in [4.69, 9.17) is 17.3 Å². The molecule has 4 N–H and O–H groups in total. The molecule has 0 heterocycles. The third-order valence-electron chi connectivity index (χ3n) is 1.34. The number of aliphatic hydroxyl groups excluding tert-OH is 1. The van der Waals surface area contributed by atoms with Crippen LogP contribution < -0.4 is 11.1 Å². The number of aliphatic hydroxyl groups is 1. The fraction of sp³-hybridized carbons (Fsp3) is 0.625. The van der Waals surface area contributed by atoms with Crippen molar-refractivity contribution in [2.75, 3.05) is 13.1 Å². The van der Waals surface area contributed by atoms with E-state index in [1.807, 2.05) is 0 Å². The zero-order valence-electron chi connectivity index (χ0n) is 6.92. The van der Waals surface area contributed by atoms with E-state index in [1.165, 1.54) is 0 Å². The van der Waals surface area contributed by atoms with Crippen LogP contribution in [0.3, 0.4) is 0 Å². The van der Waals surface area contributed by atoms with Crippen molar-refractivity contribution in [1.29, 1.82) is 0 Å². The molecular weight excluding hydrogens is 156 g/mol. The van der Waals surface area contributed by atoms with Crippen LogP contribution >= 0.6 is 0 Å². The van der Waals surface area contributed by atoms with Crippen LogP contribution in [0.25, 0.3) is 0 Å². The Labute approximate surface area is 72.1 Å². The van der Waals surface area contributed by atoms with Crippen LogP contribution in [0.1, 0.15) is 12.8 Å². The number of carbonyl (C=O) groups is 1. The van der Waals surface area contributed by atoms with E-state index in [9.17, 15) is 4.79 Å². The number of nitrogens with one attached hydrogen (secondary N) is 1. The van der Waals surface area contributed by atoms with Crippen molar-refractivity contribution in [3.63, 3.8) is 0 Å². The average Bonchev–Trinajstić information content (AvgIpc) is 2.03. The number of hydrogen-bond donors (Lipinski definition) is 3. The molecule has 0 bridgehead atoms. The minimum atomic E-state index is -1.10. The number of nitrogens with two attached hydrogens (primary N) is 1. The highest BCUT2D eigenvalue weighted by atomic mass is 16.3. The van der Waals surface area contributed by atoms with E-state index in [0.29, 0.717) is 13.0 Å². The first kappa shape index (κ1) is 11.0. The van der Waals surface area contributed by atoms with Gasteiger partial charge in [-0.05, 0) is 13.0 Å². The van der Waals surface area contributed by atoms with Crippen molar-refractivity contribution in [2.45, 2.75) is 18.9 Å². The number of carbonyl (C=O) groups excluding carboxylic acids is 1. The smallest absolute Gasteiger partial charge is 0.247 e. The summed E-state index contributed by atoms with van der Waals surface area (Å²) in [5, 5.41) is 11.8. The molecule has 0 radical (unpaired) electrons. The Morgan fingerprint density at radius 3 is 2.92 bits per heavy atom. The predicted octanol–water partition coefficient (Wildman–Crippen LogP) is -1.16. The van der Waals surface area contributed by atoms with E-state index in [0.717, 1.165) is 6.42 Å². The highest BCUT2D eigenvalue weighted by Gasteiger charge is 2.08. The van der Waals surface area contributed by atoms with Gasteiger partial charge in [0.1, 0.15) is 6.10 Å². The summed E-state index contributed by atoms with van der Waals surface area (Å²) in [4.78, 5) is 10.3. The first-order chi connectivity index (χ1) is 5.68. The minimum absolute atomic E-state index is 0.194. The Morgan fingerprint density at radius 2 is 2.42 bits per heavy atom. The molecule has 12 heavy (non-hydrogen) atoms. The number of rotatable bonds is 6. The van der Waals surface area contributed by atoms with Crippen LogP contribution in [0.2, 0.25) is 0 Å². The normalized spacial score (nSPS) is 12.0. The molecule has 4 nitrogen and oxygen atoms in total. The lowest BCUT2D eigenvalue weighted by molar-refractivity contribution is -0.125. The Bertz CT molecular complexity index is 174. The highest BCUT2D eigenvalue weighted by molar-refractivity contribution is 5.78. The lowest BCUT2D eigenvalue weighted by atomic mass is 10.3. The van der Waals surface area contributed by atoms with Gasteiger partial charge in [0.05, 0.1) is 0 Å². The first-order valence-electron chi connectivity index (χ1n) is 3.80. The maximum absolute atomic E-state index is 10.3. The molecule has 0 aliphatic heterocycles. The zero-order valence-corrected chi connectivity index (χ0v) is 6.92. The molecular formula is C8H14N2O2. The fourth-order valence-electron chi connectivity index (χ4n) is 0.655. The summed E-state index contributed by atoms with van der Waals surface area (Å²) in [6.07, 6.45) is 5.45. The molecule has 68 valence electrons. The van der Waals surface area contributed by atoms with Gasteiger partial charge in [-0.15, -0.1) is 12.3 Å². The molecule has 0 aromatic rings. The molecule has 0 saturated carbocycles. The average molecular weight is 170 g/mol. The van der Waals surface area contributed by atoms with Crippen LogP contribution in [-0.4, -0.2) is 30.2 Å². The van der Waals surface area contributed by atoms with Crippen LogP contribution in [0.5, 0.6) is 0 Å². The monoisotopic (exact) mass is 170 g/mol. The van der Waals surface area contributed by atoms with Gasteiger partial charge in [-0.2, -0.15) is 0 Å². The summed E-state index contributed by atoms with van der Waals surface area (Å²) in [5.74, 6) is 1.78. The third kappa shape index (κ3) is 5.71. The lowest BCUT2D eigenvalue weighted by Crippen LogP contribution is -2.37. The second-order valence-electron chi connectivity index (χ2n) is 2.43. The molecule has 1 amide bonds. The molecule has 0 spiro atoms. The van der Waals surface area contributed by atoms with Gasteiger partial charge in [0.2, 0.25) is 5.91 Å². The van der Waals surface area contributed by atoms with E-state index in [2.05, 4.69) is 11.2 Å². The van der Waals surface area contributed by atoms with Crippen molar-refractivity contribution < 1.29 is 9.90 Å². The summed E-state index contributed by atoms with van der Waals surface area (Å²) < 4.78 is 0. The van der Waals surface area contributed by atoms with Crippen molar-refractivity contribution in [3.8, 4) is 12.3 Å². The summed E-state index contributed by atoms with van der Waals surface area (Å²) in [6.45, 7) is 0.883. The topological polar surface area (TPSA) is 75.3 Å². The van der Waals surface area contributed by atoms with Crippen molar-refractivity contribution in [3.05, 3.63) is 0 Å². The second-order valence-corrected chi connectivity index (χ2v) is 2.43. The maximum atomic E-state index is 10.3. The van der Waals surface area contributed by atoms with Gasteiger partial charge in [-0.3, -0.25) is 4.79 Å². The van der Waals surface area contributed by atoms with Gasteiger partial charge in [0.25, 0.3) is 0 Å². The summed E-state index contributed by atoms with van der Waals surface area (Å²) in [7, 11) is 0. The van der Waals surface area contributed by atoms with Crippen LogP contribution in [0, 0.1) is 12.3 Å². The van der Waals surface area contributed by atoms with E-state index >= 15 is 0 Å². The zero-order chi connectivity index (χ0) is 9.40. The van der Waals surface area contributed by atoms with Gasteiger partial charge < -0.3 is 16.2 Å².